The van der Waals surface area contributed by atoms with E-state index in [0.29, 0.717) is 5.12 Å². The molecular weight excluding hydrogens is 371 g/mol. The number of rotatable bonds is 10. The molecule has 0 aromatic carbocycles. The van der Waals surface area contributed by atoms with Crippen LogP contribution < -0.4 is 0 Å². The molecule has 0 aliphatic carbocycles. The molecule has 1 aliphatic heterocycles. The van der Waals surface area contributed by atoms with Gasteiger partial charge in [0.15, 0.2) is 0 Å². The van der Waals surface area contributed by atoms with Crippen LogP contribution in [-0.2, 0) is 4.79 Å². The summed E-state index contributed by atoms with van der Waals surface area (Å²) in [7, 11) is 0. The summed E-state index contributed by atoms with van der Waals surface area (Å²) in [6.45, 7) is 6.95. The molecule has 1 saturated heterocycles. The Morgan fingerprint density at radius 2 is 1.45 bits per heavy atom. The van der Waals surface area contributed by atoms with Crippen LogP contribution in [-0.4, -0.2) is 23.5 Å². The maximum absolute atomic E-state index is 11.5. The Labute approximate surface area is 134 Å². The van der Waals surface area contributed by atoms with Crippen LogP contribution in [0.5, 0.6) is 0 Å². The Morgan fingerprint density at radius 1 is 0.950 bits per heavy atom. The second-order valence-corrected chi connectivity index (χ2v) is 20.3. The SMILES string of the molecule is CCC[CH2][Sn](/[CH]=C1/CCC(=O)S1)([CH2]CCC)[CH2]CCC. The van der Waals surface area contributed by atoms with Gasteiger partial charge in [-0.3, -0.25) is 0 Å². The van der Waals surface area contributed by atoms with Crippen molar-refractivity contribution in [2.75, 3.05) is 0 Å². The van der Waals surface area contributed by atoms with Crippen LogP contribution in [0.1, 0.15) is 72.1 Å². The molecule has 0 aromatic heterocycles. The van der Waals surface area contributed by atoms with E-state index in [1.807, 2.05) is 0 Å². The Hall–Kier alpha value is 0.559. The van der Waals surface area contributed by atoms with Gasteiger partial charge < -0.3 is 0 Å². The average molecular weight is 403 g/mol. The third-order valence-corrected chi connectivity index (χ3v) is 20.3. The molecule has 1 heterocycles. The number of allylic oxidation sites excluding steroid dienone is 1. The van der Waals surface area contributed by atoms with Crippen LogP contribution in [0.15, 0.2) is 9.00 Å². The zero-order valence-electron chi connectivity index (χ0n) is 13.7. The van der Waals surface area contributed by atoms with Crippen molar-refractivity contribution in [2.45, 2.75) is 85.4 Å². The van der Waals surface area contributed by atoms with Gasteiger partial charge in [-0.15, -0.1) is 0 Å². The van der Waals surface area contributed by atoms with E-state index in [4.69, 9.17) is 0 Å². The van der Waals surface area contributed by atoms with Crippen LogP contribution in [0.3, 0.4) is 0 Å². The molecule has 0 saturated carbocycles. The van der Waals surface area contributed by atoms with Gasteiger partial charge in [-0.1, -0.05) is 0 Å². The second kappa shape index (κ2) is 10.3. The van der Waals surface area contributed by atoms with Gasteiger partial charge in [0, 0.05) is 0 Å². The van der Waals surface area contributed by atoms with Crippen LogP contribution in [0.25, 0.3) is 0 Å². The van der Waals surface area contributed by atoms with E-state index in [2.05, 4.69) is 24.9 Å². The van der Waals surface area contributed by atoms with E-state index in [0.717, 1.165) is 12.8 Å². The van der Waals surface area contributed by atoms with Gasteiger partial charge in [-0.2, -0.15) is 0 Å². The monoisotopic (exact) mass is 404 g/mol. The van der Waals surface area contributed by atoms with Crippen molar-refractivity contribution in [1.82, 2.24) is 0 Å². The van der Waals surface area contributed by atoms with Gasteiger partial charge in [0.25, 0.3) is 0 Å². The van der Waals surface area contributed by atoms with Crippen molar-refractivity contribution < 1.29 is 4.79 Å². The van der Waals surface area contributed by atoms with Gasteiger partial charge >= 0.3 is 134 Å². The minimum absolute atomic E-state index is 0.401. The summed E-state index contributed by atoms with van der Waals surface area (Å²) in [6.07, 6.45) is 10.0. The van der Waals surface area contributed by atoms with Gasteiger partial charge in [-0.25, -0.2) is 0 Å². The molecule has 0 atom stereocenters. The van der Waals surface area contributed by atoms with Gasteiger partial charge in [-0.05, 0) is 0 Å². The molecule has 1 rings (SSSR count). The molecule has 0 amide bonds. The zero-order valence-corrected chi connectivity index (χ0v) is 17.3. The molecule has 20 heavy (non-hydrogen) atoms. The summed E-state index contributed by atoms with van der Waals surface area (Å²) < 4.78 is 7.28. The fourth-order valence-electron chi connectivity index (χ4n) is 3.09. The summed E-state index contributed by atoms with van der Waals surface area (Å²) in [6, 6.07) is 0. The van der Waals surface area contributed by atoms with Gasteiger partial charge in [0.2, 0.25) is 0 Å². The first-order chi connectivity index (χ1) is 9.65. The molecule has 116 valence electrons. The maximum atomic E-state index is 11.5. The third-order valence-electron chi connectivity index (χ3n) is 4.37. The summed E-state index contributed by atoms with van der Waals surface area (Å²) >= 11 is -0.570. The summed E-state index contributed by atoms with van der Waals surface area (Å²) in [4.78, 5) is 13.0. The topological polar surface area (TPSA) is 17.1 Å². The summed E-state index contributed by atoms with van der Waals surface area (Å²) in [5.41, 5.74) is 0. The summed E-state index contributed by atoms with van der Waals surface area (Å²) in [5, 5.41) is 0.401. The zero-order chi connectivity index (χ0) is 14.8. The second-order valence-electron chi connectivity index (χ2n) is 6.26. The van der Waals surface area contributed by atoms with Crippen LogP contribution in [0.4, 0.5) is 0 Å². The molecule has 3 heteroatoms. The van der Waals surface area contributed by atoms with Crippen molar-refractivity contribution in [3.8, 4) is 0 Å². The molecule has 1 fully saturated rings. The van der Waals surface area contributed by atoms with E-state index in [9.17, 15) is 4.79 Å². The number of unbranched alkanes of at least 4 members (excludes halogenated alkanes) is 3. The fraction of sp³-hybridized carbons (Fsp3) is 0.824. The molecule has 0 bridgehead atoms. The standard InChI is InChI=1S/C5H5OS.3C4H9.Sn/c1-4-2-3-5(6)7-4;3*1-3-4-2;/h1H,2-3H2;3*1,3-4H2,2H3;. The Morgan fingerprint density at radius 3 is 1.80 bits per heavy atom. The van der Waals surface area contributed by atoms with Crippen LogP contribution in [0, 0.1) is 0 Å². The molecule has 0 spiro atoms. The van der Waals surface area contributed by atoms with Crippen LogP contribution in [0.2, 0.25) is 13.3 Å². The van der Waals surface area contributed by atoms with E-state index in [-0.39, 0.29) is 0 Å². The quantitative estimate of drug-likeness (QED) is 0.398. The number of hydrogen-bond acceptors (Lipinski definition) is 2. The average Bonchev–Trinajstić information content (AvgIpc) is 2.85. The van der Waals surface area contributed by atoms with E-state index in [1.54, 1.807) is 11.8 Å². The van der Waals surface area contributed by atoms with Gasteiger partial charge in [0.1, 0.15) is 0 Å². The van der Waals surface area contributed by atoms with Crippen LogP contribution >= 0.6 is 11.8 Å². The predicted octanol–water partition coefficient (Wildman–Crippen LogP) is 6.31. The van der Waals surface area contributed by atoms with Gasteiger partial charge in [0.05, 0.1) is 0 Å². The molecule has 0 aromatic rings. The van der Waals surface area contributed by atoms with Crippen molar-refractivity contribution >= 4 is 35.3 Å². The molecule has 1 aliphatic rings. The minimum atomic E-state index is -2.14. The Balaban J connectivity index is 2.83. The van der Waals surface area contributed by atoms with E-state index < -0.39 is 18.4 Å². The molecular formula is C17H32OSSn. The first-order valence-electron chi connectivity index (χ1n) is 8.58. The first-order valence-corrected chi connectivity index (χ1v) is 17.1. The first kappa shape index (κ1) is 18.6. The fourth-order valence-corrected chi connectivity index (χ4v) is 20.8. The number of carbonyl (C=O) groups excluding carboxylic acids is 1. The number of hydrogen-bond donors (Lipinski definition) is 0. The normalized spacial score (nSPS) is 18.1. The molecule has 1 nitrogen and oxygen atoms in total. The molecule has 0 radical (unpaired) electrons. The summed E-state index contributed by atoms with van der Waals surface area (Å²) in [5.74, 6) is 0. The number of carbonyl (C=O) groups is 1. The Bertz CT molecular complexity index is 303. The molecule has 0 N–H and O–H groups in total. The van der Waals surface area contributed by atoms with Crippen molar-refractivity contribution in [2.24, 2.45) is 0 Å². The van der Waals surface area contributed by atoms with Crippen molar-refractivity contribution in [3.05, 3.63) is 9.00 Å². The van der Waals surface area contributed by atoms with E-state index >= 15 is 0 Å². The van der Waals surface area contributed by atoms with Crippen molar-refractivity contribution in [1.29, 1.82) is 0 Å². The third kappa shape index (κ3) is 6.55. The van der Waals surface area contributed by atoms with Crippen molar-refractivity contribution in [3.63, 3.8) is 0 Å². The van der Waals surface area contributed by atoms with E-state index in [1.165, 1.54) is 56.7 Å². The Kier molecular flexibility index (Phi) is 9.59. The predicted molar refractivity (Wildman–Crippen MR) is 94.8 cm³/mol. The number of thioether (sulfide) groups is 1. The molecule has 0 unspecified atom stereocenters.